The molecule has 0 aliphatic carbocycles. The lowest BCUT2D eigenvalue weighted by molar-refractivity contribution is -0.142. The molecule has 0 aromatic rings. The Morgan fingerprint density at radius 2 is 1.68 bits per heavy atom. The summed E-state index contributed by atoms with van der Waals surface area (Å²) in [5.74, 6) is -2.30. The molecule has 0 amide bonds. The highest BCUT2D eigenvalue weighted by molar-refractivity contribution is 5.72. The molecular weight excluding hydrogens is 258 g/mol. The number of carbonyl (C=O) groups is 2. The third-order valence-corrected chi connectivity index (χ3v) is 2.16. The summed E-state index contributed by atoms with van der Waals surface area (Å²) in [5, 5.41) is 26.9. The molecule has 0 aliphatic heterocycles. The molecule has 0 saturated carbocycles. The summed E-state index contributed by atoms with van der Waals surface area (Å²) in [4.78, 5) is 22.2. The van der Waals surface area contributed by atoms with Crippen molar-refractivity contribution in [3.05, 3.63) is 0 Å². The molecule has 0 bridgehead atoms. The molecule has 2 unspecified atom stereocenters. The quantitative estimate of drug-likeness (QED) is 0.435. The molecule has 0 aromatic heterocycles. The van der Waals surface area contributed by atoms with Crippen molar-refractivity contribution in [3.63, 3.8) is 0 Å². The van der Waals surface area contributed by atoms with Crippen molar-refractivity contribution in [3.8, 4) is 0 Å². The summed E-state index contributed by atoms with van der Waals surface area (Å²) >= 11 is 0. The number of aliphatic hydroxyl groups excluding tert-OH is 1. The van der Waals surface area contributed by atoms with Crippen LogP contribution in [0.5, 0.6) is 0 Å². The van der Waals surface area contributed by atoms with E-state index < -0.39 is 31.1 Å². The summed E-state index contributed by atoms with van der Waals surface area (Å²) in [6.07, 6.45) is -1.16. The molecule has 0 aromatic carbocycles. The molecule has 112 valence electrons. The fourth-order valence-electron chi connectivity index (χ4n) is 1.48. The summed E-state index contributed by atoms with van der Waals surface area (Å²) in [6.45, 7) is 1.15. The Morgan fingerprint density at radius 1 is 1.16 bits per heavy atom. The van der Waals surface area contributed by atoms with E-state index >= 15 is 0 Å². The zero-order chi connectivity index (χ0) is 14.8. The fraction of sp³-hybridized carbons (Fsp3) is 0.818. The van der Waals surface area contributed by atoms with E-state index in [9.17, 15) is 14.7 Å². The van der Waals surface area contributed by atoms with Crippen LogP contribution in [0.2, 0.25) is 0 Å². The monoisotopic (exact) mass is 279 g/mol. The van der Waals surface area contributed by atoms with Crippen molar-refractivity contribution < 1.29 is 34.4 Å². The summed E-state index contributed by atoms with van der Waals surface area (Å²) in [5.41, 5.74) is 0. The molecule has 0 spiro atoms. The number of carboxylic acids is 2. The number of ether oxygens (including phenoxy) is 2. The van der Waals surface area contributed by atoms with Gasteiger partial charge in [-0.3, -0.25) is 14.5 Å². The third kappa shape index (κ3) is 10.4. The molecule has 0 radical (unpaired) electrons. The normalized spacial score (nSPS) is 14.3. The van der Waals surface area contributed by atoms with E-state index in [2.05, 4.69) is 0 Å². The topological polar surface area (TPSA) is 117 Å². The standard InChI is InChI=1S/C11H21NO7/c1-8(6-18-2)19-7-9(13)3-12(4-10(14)15)5-11(16)17/h8-9,13H,3-7H2,1-2H3,(H,14,15)(H,16,17). The Balaban J connectivity index is 4.10. The minimum absolute atomic E-state index is 0.0136. The van der Waals surface area contributed by atoms with E-state index in [1.54, 1.807) is 6.92 Å². The van der Waals surface area contributed by atoms with E-state index in [0.717, 1.165) is 4.90 Å². The van der Waals surface area contributed by atoms with Crippen LogP contribution in [0.25, 0.3) is 0 Å². The van der Waals surface area contributed by atoms with Gasteiger partial charge in [-0.15, -0.1) is 0 Å². The van der Waals surface area contributed by atoms with Gasteiger partial charge in [-0.05, 0) is 6.92 Å². The predicted molar refractivity (Wildman–Crippen MR) is 65.0 cm³/mol. The van der Waals surface area contributed by atoms with Gasteiger partial charge in [0, 0.05) is 13.7 Å². The number of carboxylic acid groups (broad SMARTS) is 2. The maximum Gasteiger partial charge on any atom is 0.317 e. The van der Waals surface area contributed by atoms with Gasteiger partial charge in [-0.1, -0.05) is 0 Å². The van der Waals surface area contributed by atoms with Gasteiger partial charge < -0.3 is 24.8 Å². The molecule has 8 heteroatoms. The smallest absolute Gasteiger partial charge is 0.317 e. The van der Waals surface area contributed by atoms with E-state index in [-0.39, 0.29) is 19.3 Å². The lowest BCUT2D eigenvalue weighted by Crippen LogP contribution is -2.41. The van der Waals surface area contributed by atoms with Crippen molar-refractivity contribution in [2.45, 2.75) is 19.1 Å². The first kappa shape index (κ1) is 17.8. The number of methoxy groups -OCH3 is 1. The van der Waals surface area contributed by atoms with E-state index in [1.165, 1.54) is 7.11 Å². The molecule has 19 heavy (non-hydrogen) atoms. The Hall–Kier alpha value is -1.22. The minimum Gasteiger partial charge on any atom is -0.480 e. The lowest BCUT2D eigenvalue weighted by Gasteiger charge is -2.22. The van der Waals surface area contributed by atoms with Crippen LogP contribution in [0, 0.1) is 0 Å². The fourth-order valence-corrected chi connectivity index (χ4v) is 1.48. The third-order valence-electron chi connectivity index (χ3n) is 2.16. The number of aliphatic carboxylic acids is 2. The van der Waals surface area contributed by atoms with Crippen LogP contribution in [0.4, 0.5) is 0 Å². The van der Waals surface area contributed by atoms with Crippen molar-refractivity contribution in [1.29, 1.82) is 0 Å². The second-order valence-electron chi connectivity index (χ2n) is 4.21. The Bertz CT molecular complexity index is 268. The van der Waals surface area contributed by atoms with Gasteiger partial charge in [-0.2, -0.15) is 0 Å². The molecule has 0 saturated heterocycles. The molecule has 0 fully saturated rings. The molecule has 0 aliphatic rings. The zero-order valence-electron chi connectivity index (χ0n) is 11.1. The number of hydrogen-bond donors (Lipinski definition) is 3. The predicted octanol–water partition coefficient (Wildman–Crippen LogP) is -1.13. The molecule has 3 N–H and O–H groups in total. The first-order chi connectivity index (χ1) is 8.85. The van der Waals surface area contributed by atoms with Crippen LogP contribution in [-0.2, 0) is 19.1 Å². The van der Waals surface area contributed by atoms with Crippen molar-refractivity contribution in [1.82, 2.24) is 4.90 Å². The van der Waals surface area contributed by atoms with Gasteiger partial charge in [0.25, 0.3) is 0 Å². The van der Waals surface area contributed by atoms with Crippen LogP contribution in [0.1, 0.15) is 6.92 Å². The van der Waals surface area contributed by atoms with Crippen LogP contribution in [0.3, 0.4) is 0 Å². The summed E-state index contributed by atoms with van der Waals surface area (Å²) in [6, 6.07) is 0. The van der Waals surface area contributed by atoms with Gasteiger partial charge in [0.05, 0.1) is 38.5 Å². The Kier molecular flexibility index (Phi) is 9.06. The Labute approximate surface area is 111 Å². The van der Waals surface area contributed by atoms with Crippen LogP contribution in [0.15, 0.2) is 0 Å². The van der Waals surface area contributed by atoms with E-state index in [0.29, 0.717) is 6.61 Å². The highest BCUT2D eigenvalue weighted by Crippen LogP contribution is 1.98. The molecule has 8 nitrogen and oxygen atoms in total. The van der Waals surface area contributed by atoms with Crippen molar-refractivity contribution in [2.75, 3.05) is 40.0 Å². The second-order valence-corrected chi connectivity index (χ2v) is 4.21. The SMILES string of the molecule is COCC(C)OCC(O)CN(CC(=O)O)CC(=O)O. The van der Waals surface area contributed by atoms with E-state index in [4.69, 9.17) is 19.7 Å². The highest BCUT2D eigenvalue weighted by Gasteiger charge is 2.18. The summed E-state index contributed by atoms with van der Waals surface area (Å²) < 4.78 is 10.1. The van der Waals surface area contributed by atoms with Gasteiger partial charge in [0.15, 0.2) is 0 Å². The molecular formula is C11H21NO7. The maximum absolute atomic E-state index is 10.6. The minimum atomic E-state index is -1.15. The molecule has 0 rings (SSSR count). The second kappa shape index (κ2) is 9.68. The highest BCUT2D eigenvalue weighted by atomic mass is 16.5. The number of aliphatic hydroxyl groups is 1. The zero-order valence-corrected chi connectivity index (χ0v) is 11.1. The molecule has 2 atom stereocenters. The average molecular weight is 279 g/mol. The van der Waals surface area contributed by atoms with Gasteiger partial charge in [0.1, 0.15) is 0 Å². The van der Waals surface area contributed by atoms with Gasteiger partial charge >= 0.3 is 11.9 Å². The first-order valence-corrected chi connectivity index (χ1v) is 5.79. The maximum atomic E-state index is 10.6. The average Bonchev–Trinajstić information content (AvgIpc) is 2.24. The Morgan fingerprint density at radius 3 is 2.11 bits per heavy atom. The number of nitrogens with zero attached hydrogens (tertiary/aromatic N) is 1. The summed E-state index contributed by atoms with van der Waals surface area (Å²) in [7, 11) is 1.53. The largest absolute Gasteiger partial charge is 0.480 e. The van der Waals surface area contributed by atoms with Crippen LogP contribution < -0.4 is 0 Å². The van der Waals surface area contributed by atoms with Gasteiger partial charge in [0.2, 0.25) is 0 Å². The van der Waals surface area contributed by atoms with Crippen LogP contribution in [-0.4, -0.2) is 84.3 Å². The first-order valence-electron chi connectivity index (χ1n) is 5.79. The lowest BCUT2D eigenvalue weighted by atomic mass is 10.3. The molecule has 0 heterocycles. The van der Waals surface area contributed by atoms with Crippen molar-refractivity contribution >= 4 is 11.9 Å². The van der Waals surface area contributed by atoms with Crippen LogP contribution >= 0.6 is 0 Å². The van der Waals surface area contributed by atoms with Gasteiger partial charge in [-0.25, -0.2) is 0 Å². The van der Waals surface area contributed by atoms with E-state index in [1.807, 2.05) is 0 Å². The van der Waals surface area contributed by atoms with Crippen molar-refractivity contribution in [2.24, 2.45) is 0 Å². The number of rotatable bonds is 11. The number of hydrogen-bond acceptors (Lipinski definition) is 6.